The average molecular weight is 535 g/mol. The predicted molar refractivity (Wildman–Crippen MR) is 150 cm³/mol. The molecule has 2 heterocycles. The van der Waals surface area contributed by atoms with Crippen LogP contribution in [-0.2, 0) is 22.4 Å². The smallest absolute Gasteiger partial charge is 0.409 e. The topological polar surface area (TPSA) is 88.8 Å². The molecule has 37 heavy (non-hydrogen) atoms. The Balaban J connectivity index is 1.68. The van der Waals surface area contributed by atoms with E-state index in [0.717, 1.165) is 26.7 Å². The normalized spacial score (nSPS) is 12.5. The molecule has 2 aromatic heterocycles. The maximum atomic E-state index is 14.0. The van der Waals surface area contributed by atoms with E-state index >= 15 is 0 Å². The second-order valence-corrected chi connectivity index (χ2v) is 10.6. The number of methoxy groups -OCH3 is 1. The van der Waals surface area contributed by atoms with Gasteiger partial charge in [-0.3, -0.25) is 9.69 Å². The molecule has 192 valence electrons. The van der Waals surface area contributed by atoms with Crippen LogP contribution in [0.25, 0.3) is 9.88 Å². The SMILES string of the molecule is COC(=O)N(C)[C@@H](Cc1ccccc1)C(=O)N(C)[C@@H](Cc1ccc(N)cc1)c1csc(-c2cccs2)n1. The van der Waals surface area contributed by atoms with Crippen LogP contribution in [0.1, 0.15) is 22.9 Å². The van der Waals surface area contributed by atoms with Crippen LogP contribution >= 0.6 is 22.7 Å². The lowest BCUT2D eigenvalue weighted by molar-refractivity contribution is -0.137. The molecular formula is C28H30N4O3S2. The van der Waals surface area contributed by atoms with Crippen molar-refractivity contribution in [3.63, 3.8) is 0 Å². The second-order valence-electron chi connectivity index (χ2n) is 8.75. The number of thiophene rings is 1. The average Bonchev–Trinajstić information content (AvgIpc) is 3.63. The second kappa shape index (κ2) is 12.0. The number of anilines is 1. The number of thiazole rings is 1. The molecular weight excluding hydrogens is 504 g/mol. The van der Waals surface area contributed by atoms with Gasteiger partial charge in [-0.2, -0.15) is 0 Å². The first-order chi connectivity index (χ1) is 17.9. The Kier molecular flexibility index (Phi) is 8.58. The Morgan fingerprint density at radius 1 is 0.919 bits per heavy atom. The molecule has 0 aliphatic heterocycles. The maximum absolute atomic E-state index is 14.0. The van der Waals surface area contributed by atoms with Crippen molar-refractivity contribution in [2.75, 3.05) is 26.9 Å². The number of carbonyl (C=O) groups is 2. The quantitative estimate of drug-likeness (QED) is 0.286. The summed E-state index contributed by atoms with van der Waals surface area (Å²) in [5.41, 5.74) is 9.37. The Hall–Kier alpha value is -3.69. The molecule has 0 spiro atoms. The number of nitrogen functional groups attached to an aromatic ring is 1. The predicted octanol–water partition coefficient (Wildman–Crippen LogP) is 5.51. The molecule has 0 unspecified atom stereocenters. The molecule has 7 nitrogen and oxygen atoms in total. The molecule has 0 fully saturated rings. The van der Waals surface area contributed by atoms with Crippen molar-refractivity contribution >= 4 is 40.4 Å². The fraction of sp³-hybridized carbons (Fsp3) is 0.250. The number of aromatic nitrogens is 1. The summed E-state index contributed by atoms with van der Waals surface area (Å²) in [5.74, 6) is -0.192. The third-order valence-electron chi connectivity index (χ3n) is 6.31. The molecule has 0 radical (unpaired) electrons. The number of hydrogen-bond acceptors (Lipinski definition) is 7. The van der Waals surface area contributed by atoms with Gasteiger partial charge in [-0.25, -0.2) is 9.78 Å². The van der Waals surface area contributed by atoms with Crippen LogP contribution in [0.4, 0.5) is 10.5 Å². The van der Waals surface area contributed by atoms with Crippen molar-refractivity contribution in [2.24, 2.45) is 0 Å². The summed E-state index contributed by atoms with van der Waals surface area (Å²) < 4.78 is 4.95. The van der Waals surface area contributed by atoms with E-state index in [0.29, 0.717) is 18.5 Å². The molecule has 2 atom stereocenters. The van der Waals surface area contributed by atoms with Gasteiger partial charge in [0.2, 0.25) is 5.91 Å². The van der Waals surface area contributed by atoms with Crippen molar-refractivity contribution in [1.29, 1.82) is 0 Å². The number of carbonyl (C=O) groups excluding carboxylic acids is 2. The lowest BCUT2D eigenvalue weighted by Gasteiger charge is -2.34. The van der Waals surface area contributed by atoms with Gasteiger partial charge in [0, 0.05) is 31.6 Å². The van der Waals surface area contributed by atoms with Crippen LogP contribution in [0.3, 0.4) is 0 Å². The minimum Gasteiger partial charge on any atom is -0.453 e. The van der Waals surface area contributed by atoms with Crippen molar-refractivity contribution in [1.82, 2.24) is 14.8 Å². The first-order valence-electron chi connectivity index (χ1n) is 11.8. The number of amides is 2. The van der Waals surface area contributed by atoms with Gasteiger partial charge in [0.1, 0.15) is 11.0 Å². The number of benzene rings is 2. The van der Waals surface area contributed by atoms with E-state index in [9.17, 15) is 9.59 Å². The Bertz CT molecular complexity index is 1310. The number of rotatable bonds is 9. The molecule has 4 aromatic rings. The van der Waals surface area contributed by atoms with E-state index in [-0.39, 0.29) is 11.9 Å². The third kappa shape index (κ3) is 6.36. The summed E-state index contributed by atoms with van der Waals surface area (Å²) in [5, 5.41) is 4.95. The molecule has 2 N–H and O–H groups in total. The molecule has 4 rings (SSSR count). The minimum absolute atomic E-state index is 0.192. The number of nitrogens with zero attached hydrogens (tertiary/aromatic N) is 3. The van der Waals surface area contributed by atoms with E-state index < -0.39 is 12.1 Å². The molecule has 0 aliphatic rings. The van der Waals surface area contributed by atoms with Gasteiger partial charge >= 0.3 is 6.09 Å². The summed E-state index contributed by atoms with van der Waals surface area (Å²) in [6, 6.07) is 20.3. The van der Waals surface area contributed by atoms with Crippen molar-refractivity contribution in [3.05, 3.63) is 94.3 Å². The number of likely N-dealkylation sites (N-methyl/N-ethyl adjacent to an activating group) is 2. The van der Waals surface area contributed by atoms with Crippen molar-refractivity contribution < 1.29 is 14.3 Å². The number of nitrogens with two attached hydrogens (primary N) is 1. The molecule has 0 aliphatic carbocycles. The highest BCUT2D eigenvalue weighted by atomic mass is 32.1. The molecule has 2 amide bonds. The molecule has 2 aromatic carbocycles. The van der Waals surface area contributed by atoms with Gasteiger partial charge in [0.25, 0.3) is 0 Å². The fourth-order valence-corrected chi connectivity index (χ4v) is 5.84. The largest absolute Gasteiger partial charge is 0.453 e. The Morgan fingerprint density at radius 3 is 2.27 bits per heavy atom. The van der Waals surface area contributed by atoms with Gasteiger partial charge in [0.15, 0.2) is 0 Å². The highest BCUT2D eigenvalue weighted by molar-refractivity contribution is 7.20. The summed E-state index contributed by atoms with van der Waals surface area (Å²) >= 11 is 3.19. The zero-order chi connectivity index (χ0) is 26.4. The molecule has 9 heteroatoms. The fourth-order valence-electron chi connectivity index (χ4n) is 4.16. The monoisotopic (exact) mass is 534 g/mol. The highest BCUT2D eigenvalue weighted by Gasteiger charge is 2.34. The standard InChI is InChI=1S/C28H30N4O3S2/c1-31(27(33)24(32(2)28(34)35-3)17-19-8-5-4-6-9-19)23(16-20-11-13-21(29)14-12-20)22-18-37-26(30-22)25-10-7-15-36-25/h4-15,18,23-24H,16-17,29H2,1-3H3/t23-,24-/m0/s1. The van der Waals surface area contributed by atoms with Gasteiger partial charge in [-0.15, -0.1) is 22.7 Å². The van der Waals surface area contributed by atoms with Crippen LogP contribution in [0.2, 0.25) is 0 Å². The van der Waals surface area contributed by atoms with Gasteiger partial charge < -0.3 is 15.4 Å². The van der Waals surface area contributed by atoms with Gasteiger partial charge in [0.05, 0.1) is 23.7 Å². The zero-order valence-corrected chi connectivity index (χ0v) is 22.7. The van der Waals surface area contributed by atoms with E-state index in [1.54, 1.807) is 41.7 Å². The Morgan fingerprint density at radius 2 is 1.62 bits per heavy atom. The Labute approximate surface area is 225 Å². The molecule has 0 bridgehead atoms. The van der Waals surface area contributed by atoms with Crippen LogP contribution in [-0.4, -0.2) is 54.0 Å². The number of ether oxygens (including phenoxy) is 1. The highest BCUT2D eigenvalue weighted by Crippen LogP contribution is 2.33. The first kappa shape index (κ1) is 26.4. The van der Waals surface area contributed by atoms with E-state index in [1.165, 1.54) is 12.0 Å². The van der Waals surface area contributed by atoms with E-state index in [4.69, 9.17) is 15.5 Å². The van der Waals surface area contributed by atoms with E-state index in [1.807, 2.05) is 77.5 Å². The molecule has 0 saturated carbocycles. The van der Waals surface area contributed by atoms with Crippen LogP contribution < -0.4 is 5.73 Å². The van der Waals surface area contributed by atoms with E-state index in [2.05, 4.69) is 0 Å². The third-order valence-corrected chi connectivity index (χ3v) is 8.21. The lowest BCUT2D eigenvalue weighted by Crippen LogP contribution is -2.50. The van der Waals surface area contributed by atoms with Crippen molar-refractivity contribution in [2.45, 2.75) is 24.9 Å². The summed E-state index contributed by atoms with van der Waals surface area (Å²) in [6.45, 7) is 0. The van der Waals surface area contributed by atoms with Crippen molar-refractivity contribution in [3.8, 4) is 9.88 Å². The summed E-state index contributed by atoms with van der Waals surface area (Å²) in [6.07, 6.45) is 0.351. The van der Waals surface area contributed by atoms with Crippen LogP contribution in [0, 0.1) is 0 Å². The minimum atomic E-state index is -0.746. The first-order valence-corrected chi connectivity index (χ1v) is 13.6. The zero-order valence-electron chi connectivity index (χ0n) is 21.0. The van der Waals surface area contributed by atoms with Crippen LogP contribution in [0.15, 0.2) is 77.5 Å². The molecule has 0 saturated heterocycles. The summed E-state index contributed by atoms with van der Waals surface area (Å²) in [7, 11) is 4.69. The van der Waals surface area contributed by atoms with Gasteiger partial charge in [-0.1, -0.05) is 48.5 Å². The maximum Gasteiger partial charge on any atom is 0.409 e. The lowest BCUT2D eigenvalue weighted by atomic mass is 9.99. The summed E-state index contributed by atoms with van der Waals surface area (Å²) in [4.78, 5) is 35.6. The van der Waals surface area contributed by atoms with Crippen LogP contribution in [0.5, 0.6) is 0 Å². The number of hydrogen-bond donors (Lipinski definition) is 1. The van der Waals surface area contributed by atoms with Gasteiger partial charge in [-0.05, 0) is 41.1 Å².